The number of quaternary nitrogens is 1. The number of phosphoric acid groups is 1. The van der Waals surface area contributed by atoms with E-state index in [9.17, 15) is 19.0 Å². The van der Waals surface area contributed by atoms with Crippen LogP contribution < -0.4 is 0 Å². The average molecular weight is 691 g/mol. The third-order valence-electron chi connectivity index (χ3n) is 8.05. The Morgan fingerprint density at radius 3 is 1.57 bits per heavy atom. The van der Waals surface area contributed by atoms with Crippen LogP contribution in [-0.2, 0) is 32.7 Å². The SMILES string of the molecule is CCCCCCCC/C=C/CCCCCCCC(=O)O[C@H](COC(=O)CCCCCCCCCC)COP(=O)(O)OCC[N+](C)(C)C. The minimum atomic E-state index is -4.36. The summed E-state index contributed by atoms with van der Waals surface area (Å²) >= 11 is 0. The Hall–Kier alpha value is -1.25. The molecule has 0 rings (SSSR count). The maximum Gasteiger partial charge on any atom is 0.472 e. The molecule has 0 saturated carbocycles. The molecule has 0 bridgehead atoms. The van der Waals surface area contributed by atoms with Gasteiger partial charge in [-0.15, -0.1) is 0 Å². The largest absolute Gasteiger partial charge is 0.472 e. The van der Waals surface area contributed by atoms with E-state index < -0.39 is 26.5 Å². The van der Waals surface area contributed by atoms with Crippen LogP contribution in [0.15, 0.2) is 12.2 Å². The van der Waals surface area contributed by atoms with Crippen molar-refractivity contribution in [2.24, 2.45) is 0 Å². The second-order valence-electron chi connectivity index (χ2n) is 14.0. The Morgan fingerprint density at radius 2 is 1.09 bits per heavy atom. The maximum absolute atomic E-state index is 12.6. The second kappa shape index (κ2) is 30.8. The molecular formula is C37H73NO8P+. The number of phosphoric ester groups is 1. The number of ether oxygens (including phenoxy) is 2. The van der Waals surface area contributed by atoms with E-state index in [2.05, 4.69) is 26.0 Å². The van der Waals surface area contributed by atoms with Gasteiger partial charge in [-0.1, -0.05) is 122 Å². The van der Waals surface area contributed by atoms with Crippen molar-refractivity contribution in [1.29, 1.82) is 0 Å². The summed E-state index contributed by atoms with van der Waals surface area (Å²) in [7, 11) is 1.47. The van der Waals surface area contributed by atoms with Gasteiger partial charge in [0.1, 0.15) is 19.8 Å². The number of hydrogen-bond acceptors (Lipinski definition) is 7. The first-order valence-electron chi connectivity index (χ1n) is 18.9. The molecule has 0 fully saturated rings. The van der Waals surface area contributed by atoms with Crippen LogP contribution in [0.25, 0.3) is 0 Å². The predicted octanol–water partition coefficient (Wildman–Crippen LogP) is 9.85. The van der Waals surface area contributed by atoms with Gasteiger partial charge in [0.15, 0.2) is 6.10 Å². The van der Waals surface area contributed by atoms with Crippen LogP contribution in [-0.4, -0.2) is 74.9 Å². The fourth-order valence-corrected chi connectivity index (χ4v) is 5.75. The molecule has 0 saturated heterocycles. The van der Waals surface area contributed by atoms with E-state index in [0.29, 0.717) is 17.4 Å². The number of nitrogens with zero attached hydrogens (tertiary/aromatic N) is 1. The number of esters is 2. The molecule has 0 amide bonds. The summed E-state index contributed by atoms with van der Waals surface area (Å²) in [6.07, 6.45) is 28.4. The Labute approximate surface area is 288 Å². The van der Waals surface area contributed by atoms with E-state index >= 15 is 0 Å². The van der Waals surface area contributed by atoms with Gasteiger partial charge in [-0.3, -0.25) is 18.6 Å². The number of likely N-dealkylation sites (N-methyl/N-ethyl adjacent to an activating group) is 1. The lowest BCUT2D eigenvalue weighted by molar-refractivity contribution is -0.870. The van der Waals surface area contributed by atoms with Crippen molar-refractivity contribution in [2.45, 2.75) is 168 Å². The van der Waals surface area contributed by atoms with Crippen LogP contribution in [0.2, 0.25) is 0 Å². The van der Waals surface area contributed by atoms with Gasteiger partial charge in [-0.25, -0.2) is 4.57 Å². The van der Waals surface area contributed by atoms with E-state index in [1.807, 2.05) is 21.1 Å². The molecule has 0 heterocycles. The van der Waals surface area contributed by atoms with E-state index in [1.54, 1.807) is 0 Å². The van der Waals surface area contributed by atoms with Crippen LogP contribution in [0.1, 0.15) is 162 Å². The number of carbonyl (C=O) groups excluding carboxylic acids is 2. The molecule has 278 valence electrons. The molecule has 0 aliphatic carbocycles. The average Bonchev–Trinajstić information content (AvgIpc) is 3.01. The monoisotopic (exact) mass is 691 g/mol. The molecule has 1 N–H and O–H groups in total. The zero-order valence-electron chi connectivity index (χ0n) is 31.0. The third-order valence-corrected chi connectivity index (χ3v) is 9.03. The molecule has 0 aliphatic heterocycles. The first kappa shape index (κ1) is 45.8. The lowest BCUT2D eigenvalue weighted by Crippen LogP contribution is -2.37. The Morgan fingerprint density at radius 1 is 0.638 bits per heavy atom. The van der Waals surface area contributed by atoms with Crippen LogP contribution in [0, 0.1) is 0 Å². The normalized spacial score (nSPS) is 13.9. The number of unbranched alkanes of at least 4 members (excludes halogenated alkanes) is 18. The van der Waals surface area contributed by atoms with Crippen molar-refractivity contribution >= 4 is 19.8 Å². The van der Waals surface area contributed by atoms with E-state index in [1.165, 1.54) is 77.0 Å². The van der Waals surface area contributed by atoms with Crippen molar-refractivity contribution in [1.82, 2.24) is 0 Å². The predicted molar refractivity (Wildman–Crippen MR) is 192 cm³/mol. The summed E-state index contributed by atoms with van der Waals surface area (Å²) in [4.78, 5) is 35.0. The zero-order chi connectivity index (χ0) is 35.1. The molecule has 0 aromatic carbocycles. The van der Waals surface area contributed by atoms with Gasteiger partial charge >= 0.3 is 19.8 Å². The van der Waals surface area contributed by atoms with E-state index in [-0.39, 0.29) is 32.0 Å². The molecule has 10 heteroatoms. The summed E-state index contributed by atoms with van der Waals surface area (Å²) in [5, 5.41) is 0. The molecule has 0 radical (unpaired) electrons. The highest BCUT2D eigenvalue weighted by atomic mass is 31.2. The lowest BCUT2D eigenvalue weighted by atomic mass is 10.1. The van der Waals surface area contributed by atoms with Crippen molar-refractivity contribution in [3.63, 3.8) is 0 Å². The summed E-state index contributed by atoms with van der Waals surface area (Å²) < 4.78 is 34.1. The maximum atomic E-state index is 12.6. The van der Waals surface area contributed by atoms with Crippen molar-refractivity contribution in [3.05, 3.63) is 12.2 Å². The highest BCUT2D eigenvalue weighted by molar-refractivity contribution is 7.47. The number of rotatable bonds is 34. The molecule has 0 aromatic heterocycles. The first-order valence-corrected chi connectivity index (χ1v) is 20.4. The second-order valence-corrected chi connectivity index (χ2v) is 15.4. The number of hydrogen-bond donors (Lipinski definition) is 1. The van der Waals surface area contributed by atoms with Gasteiger partial charge in [-0.2, -0.15) is 0 Å². The fourth-order valence-electron chi connectivity index (χ4n) is 5.01. The summed E-state index contributed by atoms with van der Waals surface area (Å²) in [6.45, 7) is 4.36. The van der Waals surface area contributed by atoms with Crippen LogP contribution in [0.3, 0.4) is 0 Å². The molecule has 2 atom stereocenters. The van der Waals surface area contributed by atoms with Crippen LogP contribution in [0.5, 0.6) is 0 Å². The zero-order valence-corrected chi connectivity index (χ0v) is 31.9. The number of carbonyl (C=O) groups is 2. The van der Waals surface area contributed by atoms with Gasteiger partial charge in [0, 0.05) is 12.8 Å². The summed E-state index contributed by atoms with van der Waals surface area (Å²) in [5.74, 6) is -0.810. The summed E-state index contributed by atoms with van der Waals surface area (Å²) in [6, 6.07) is 0. The molecule has 0 spiro atoms. The first-order chi connectivity index (χ1) is 22.5. The van der Waals surface area contributed by atoms with Crippen molar-refractivity contribution in [2.75, 3.05) is 47.5 Å². The molecular weight excluding hydrogens is 617 g/mol. The van der Waals surface area contributed by atoms with Crippen molar-refractivity contribution < 1.29 is 42.1 Å². The highest BCUT2D eigenvalue weighted by Crippen LogP contribution is 2.43. The van der Waals surface area contributed by atoms with Gasteiger partial charge in [0.2, 0.25) is 0 Å². The third kappa shape index (κ3) is 34.4. The standard InChI is InChI=1S/C37H72NO8P/c1-6-8-10-12-14-16-17-18-19-20-21-22-24-26-28-30-37(40)46-35(34-45-47(41,42)44-32-31-38(3,4)5)33-43-36(39)29-27-25-23-15-13-11-9-7-2/h18-19,35H,6-17,20-34H2,1-5H3/p+1/b19-18+/t35-/m1/s1. The molecule has 0 aromatic rings. The highest BCUT2D eigenvalue weighted by Gasteiger charge is 2.27. The molecule has 47 heavy (non-hydrogen) atoms. The van der Waals surface area contributed by atoms with E-state index in [0.717, 1.165) is 51.4 Å². The molecule has 0 aliphatic rings. The molecule has 9 nitrogen and oxygen atoms in total. The number of allylic oxidation sites excluding steroid dienone is 2. The Balaban J connectivity index is 4.42. The summed E-state index contributed by atoms with van der Waals surface area (Å²) in [5.41, 5.74) is 0. The Bertz CT molecular complexity index is 830. The van der Waals surface area contributed by atoms with Gasteiger partial charge in [0.05, 0.1) is 27.7 Å². The van der Waals surface area contributed by atoms with Gasteiger partial charge in [-0.05, 0) is 38.5 Å². The smallest absolute Gasteiger partial charge is 0.462 e. The minimum Gasteiger partial charge on any atom is -0.462 e. The van der Waals surface area contributed by atoms with Crippen LogP contribution in [0.4, 0.5) is 0 Å². The van der Waals surface area contributed by atoms with Gasteiger partial charge < -0.3 is 18.9 Å². The van der Waals surface area contributed by atoms with E-state index in [4.69, 9.17) is 18.5 Å². The topological polar surface area (TPSA) is 108 Å². The van der Waals surface area contributed by atoms with Crippen LogP contribution >= 0.6 is 7.82 Å². The molecule has 1 unspecified atom stereocenters. The van der Waals surface area contributed by atoms with Gasteiger partial charge in [0.25, 0.3) is 0 Å². The van der Waals surface area contributed by atoms with Crippen molar-refractivity contribution in [3.8, 4) is 0 Å². The minimum absolute atomic E-state index is 0.0325. The Kier molecular flexibility index (Phi) is 30.0. The quantitative estimate of drug-likeness (QED) is 0.0234. The lowest BCUT2D eigenvalue weighted by Gasteiger charge is -2.24. The fraction of sp³-hybridized carbons (Fsp3) is 0.892.